The van der Waals surface area contributed by atoms with E-state index in [2.05, 4.69) is 15.6 Å². The molecule has 1 saturated carbocycles. The monoisotopic (exact) mass is 464 g/mol. The fraction of sp³-hybridized carbons (Fsp3) is 0.462. The molecule has 2 fully saturated rings. The second-order valence-corrected chi connectivity index (χ2v) is 9.00. The highest BCUT2D eigenvalue weighted by Crippen LogP contribution is 2.23. The van der Waals surface area contributed by atoms with Crippen LogP contribution in [0.1, 0.15) is 54.4 Å². The fourth-order valence-electron chi connectivity index (χ4n) is 4.83. The summed E-state index contributed by atoms with van der Waals surface area (Å²) >= 11 is 0. The summed E-state index contributed by atoms with van der Waals surface area (Å²) in [5, 5.41) is 6.03. The molecule has 2 aromatic rings. The Morgan fingerprint density at radius 2 is 1.94 bits per heavy atom. The number of nitrogens with one attached hydrogen (secondary N) is 2. The smallest absolute Gasteiger partial charge is 0.252 e. The Balaban J connectivity index is 1.51. The molecule has 34 heavy (non-hydrogen) atoms. The molecule has 1 saturated heterocycles. The summed E-state index contributed by atoms with van der Waals surface area (Å²) in [5.41, 5.74) is 1.23. The van der Waals surface area contributed by atoms with Gasteiger partial charge >= 0.3 is 0 Å². The molecule has 2 aliphatic rings. The largest absolute Gasteiger partial charge is 0.497 e. The van der Waals surface area contributed by atoms with Crippen molar-refractivity contribution >= 4 is 17.7 Å². The number of carbonyl (C=O) groups is 3. The molecule has 2 heterocycles. The quantitative estimate of drug-likeness (QED) is 0.625. The van der Waals surface area contributed by atoms with Gasteiger partial charge in [0.1, 0.15) is 17.8 Å². The number of nitrogens with zero attached hydrogens (tertiary/aromatic N) is 2. The van der Waals surface area contributed by atoms with Gasteiger partial charge in [0.2, 0.25) is 11.8 Å². The van der Waals surface area contributed by atoms with E-state index in [1.54, 1.807) is 47.6 Å². The number of benzene rings is 1. The first-order chi connectivity index (χ1) is 16.5. The van der Waals surface area contributed by atoms with E-state index in [1.807, 2.05) is 6.07 Å². The van der Waals surface area contributed by atoms with Crippen molar-refractivity contribution < 1.29 is 19.1 Å². The van der Waals surface area contributed by atoms with Crippen LogP contribution in [0, 0.1) is 0 Å². The molecule has 0 radical (unpaired) electrons. The number of pyridine rings is 1. The highest BCUT2D eigenvalue weighted by Gasteiger charge is 2.38. The third-order valence-electron chi connectivity index (χ3n) is 6.64. The number of methoxy groups -OCH3 is 1. The Bertz CT molecular complexity index is 1010. The van der Waals surface area contributed by atoms with Gasteiger partial charge in [-0.05, 0) is 55.5 Å². The zero-order valence-corrected chi connectivity index (χ0v) is 19.5. The Kier molecular flexibility index (Phi) is 7.77. The maximum absolute atomic E-state index is 13.7. The van der Waals surface area contributed by atoms with Crippen molar-refractivity contribution in [3.8, 4) is 5.75 Å². The highest BCUT2D eigenvalue weighted by atomic mass is 16.5. The number of rotatable bonds is 8. The van der Waals surface area contributed by atoms with E-state index in [1.165, 1.54) is 7.11 Å². The van der Waals surface area contributed by atoms with Crippen LogP contribution in [0.5, 0.6) is 5.75 Å². The number of hydrogen-bond acceptors (Lipinski definition) is 5. The molecule has 1 aliphatic heterocycles. The Morgan fingerprint density at radius 1 is 1.12 bits per heavy atom. The molecule has 0 unspecified atom stereocenters. The van der Waals surface area contributed by atoms with Gasteiger partial charge in [0.15, 0.2) is 0 Å². The number of amides is 3. The van der Waals surface area contributed by atoms with E-state index < -0.39 is 12.1 Å². The van der Waals surface area contributed by atoms with Gasteiger partial charge in [0.25, 0.3) is 5.91 Å². The molecule has 1 aliphatic carbocycles. The van der Waals surface area contributed by atoms with Gasteiger partial charge in [0, 0.05) is 37.0 Å². The minimum Gasteiger partial charge on any atom is -0.497 e. The Labute approximate surface area is 200 Å². The predicted octanol–water partition coefficient (Wildman–Crippen LogP) is 2.48. The molecule has 8 nitrogen and oxygen atoms in total. The number of aromatic nitrogens is 1. The van der Waals surface area contributed by atoms with Crippen molar-refractivity contribution in [3.05, 3.63) is 59.9 Å². The number of carbonyl (C=O) groups excluding carboxylic acids is 3. The standard InChI is InChI=1S/C26H32N4O4/c1-34-21-11-4-8-19(16-21)24(31)29-22(15-18-7-5-13-27-17-18)26(33)30-14-6-12-23(30)25(32)28-20-9-2-3-10-20/h4-5,7-8,11,13,16-17,20,22-23H,2-3,6,9-10,12,14-15H2,1H3,(H,28,32)(H,29,31)/t22-,23-/m0/s1. The maximum Gasteiger partial charge on any atom is 0.252 e. The predicted molar refractivity (Wildman–Crippen MR) is 127 cm³/mol. The first-order valence-electron chi connectivity index (χ1n) is 12.0. The Hall–Kier alpha value is -3.42. The summed E-state index contributed by atoms with van der Waals surface area (Å²) < 4.78 is 5.22. The first-order valence-corrected chi connectivity index (χ1v) is 12.0. The van der Waals surface area contributed by atoms with Crippen molar-refractivity contribution in [2.75, 3.05) is 13.7 Å². The van der Waals surface area contributed by atoms with Gasteiger partial charge in [0.05, 0.1) is 7.11 Å². The average Bonchev–Trinajstić information content (AvgIpc) is 3.56. The summed E-state index contributed by atoms with van der Waals surface area (Å²) in [6.45, 7) is 0.500. The lowest BCUT2D eigenvalue weighted by molar-refractivity contribution is -0.140. The minimum absolute atomic E-state index is 0.0861. The van der Waals surface area contributed by atoms with E-state index in [-0.39, 0.29) is 30.2 Å². The normalized spacial score (nSPS) is 19.0. The van der Waals surface area contributed by atoms with Crippen molar-refractivity contribution in [1.29, 1.82) is 0 Å². The van der Waals surface area contributed by atoms with Crippen LogP contribution in [0.4, 0.5) is 0 Å². The van der Waals surface area contributed by atoms with Crippen LogP contribution in [0.25, 0.3) is 0 Å². The van der Waals surface area contributed by atoms with Crippen LogP contribution in [0.15, 0.2) is 48.8 Å². The molecule has 8 heteroatoms. The minimum atomic E-state index is -0.817. The fourth-order valence-corrected chi connectivity index (χ4v) is 4.83. The molecule has 4 rings (SSSR count). The molecular formula is C26H32N4O4. The lowest BCUT2D eigenvalue weighted by atomic mass is 10.0. The molecule has 0 bridgehead atoms. The lowest BCUT2D eigenvalue weighted by Gasteiger charge is -2.29. The van der Waals surface area contributed by atoms with Crippen LogP contribution in [0.2, 0.25) is 0 Å². The van der Waals surface area contributed by atoms with E-state index in [4.69, 9.17) is 4.74 Å². The lowest BCUT2D eigenvalue weighted by Crippen LogP contribution is -2.55. The van der Waals surface area contributed by atoms with Crippen molar-refractivity contribution in [2.24, 2.45) is 0 Å². The van der Waals surface area contributed by atoms with Crippen LogP contribution in [-0.2, 0) is 16.0 Å². The zero-order valence-electron chi connectivity index (χ0n) is 19.5. The molecule has 0 spiro atoms. The molecule has 3 amide bonds. The van der Waals surface area contributed by atoms with Gasteiger partial charge in [-0.3, -0.25) is 19.4 Å². The third kappa shape index (κ3) is 5.73. The molecule has 1 aromatic carbocycles. The van der Waals surface area contributed by atoms with Crippen molar-refractivity contribution in [3.63, 3.8) is 0 Å². The van der Waals surface area contributed by atoms with E-state index in [9.17, 15) is 14.4 Å². The SMILES string of the molecule is COc1cccc(C(=O)N[C@@H](Cc2cccnc2)C(=O)N2CCC[C@H]2C(=O)NC2CCCC2)c1. The second kappa shape index (κ2) is 11.1. The van der Waals surface area contributed by atoms with Crippen LogP contribution in [0.3, 0.4) is 0 Å². The number of ether oxygens (including phenoxy) is 1. The molecule has 2 N–H and O–H groups in total. The van der Waals surface area contributed by atoms with Crippen LogP contribution in [-0.4, -0.2) is 59.4 Å². The first kappa shape index (κ1) is 23.7. The molecule has 1 aromatic heterocycles. The molecule has 2 atom stereocenters. The molecular weight excluding hydrogens is 432 g/mol. The van der Waals surface area contributed by atoms with E-state index >= 15 is 0 Å². The van der Waals surface area contributed by atoms with Crippen molar-refractivity contribution in [2.45, 2.75) is 63.1 Å². The summed E-state index contributed by atoms with van der Waals surface area (Å²) in [7, 11) is 1.54. The van der Waals surface area contributed by atoms with Gasteiger partial charge in [-0.25, -0.2) is 0 Å². The third-order valence-corrected chi connectivity index (χ3v) is 6.64. The van der Waals surface area contributed by atoms with Crippen LogP contribution >= 0.6 is 0 Å². The summed E-state index contributed by atoms with van der Waals surface area (Å²) in [6, 6.07) is 9.35. The van der Waals surface area contributed by atoms with Crippen molar-refractivity contribution in [1.82, 2.24) is 20.5 Å². The van der Waals surface area contributed by atoms with E-state index in [0.717, 1.165) is 37.7 Å². The average molecular weight is 465 g/mol. The zero-order chi connectivity index (χ0) is 23.9. The van der Waals surface area contributed by atoms with Gasteiger partial charge in [-0.1, -0.05) is 25.0 Å². The number of likely N-dealkylation sites (tertiary alicyclic amines) is 1. The van der Waals surface area contributed by atoms with E-state index in [0.29, 0.717) is 24.3 Å². The topological polar surface area (TPSA) is 101 Å². The number of hydrogen-bond donors (Lipinski definition) is 2. The summed E-state index contributed by atoms with van der Waals surface area (Å²) in [5.74, 6) is -0.139. The van der Waals surface area contributed by atoms with Gasteiger partial charge in [-0.15, -0.1) is 0 Å². The Morgan fingerprint density at radius 3 is 2.68 bits per heavy atom. The summed E-state index contributed by atoms with van der Waals surface area (Å²) in [6.07, 6.45) is 9.27. The maximum atomic E-state index is 13.7. The second-order valence-electron chi connectivity index (χ2n) is 9.00. The highest BCUT2D eigenvalue weighted by molar-refractivity contribution is 5.99. The van der Waals surface area contributed by atoms with Gasteiger partial charge < -0.3 is 20.3 Å². The molecule has 180 valence electrons. The van der Waals surface area contributed by atoms with Gasteiger partial charge in [-0.2, -0.15) is 0 Å². The summed E-state index contributed by atoms with van der Waals surface area (Å²) in [4.78, 5) is 45.5. The van der Waals surface area contributed by atoms with Crippen LogP contribution < -0.4 is 15.4 Å².